The topological polar surface area (TPSA) is 81.7 Å². The summed E-state index contributed by atoms with van der Waals surface area (Å²) in [4.78, 5) is 15.4. The maximum absolute atomic E-state index is 13.4. The van der Waals surface area contributed by atoms with Crippen LogP contribution in [-0.2, 0) is 31.2 Å². The third-order valence-electron chi connectivity index (χ3n) is 6.12. The van der Waals surface area contributed by atoms with Crippen LogP contribution in [0.4, 0.5) is 0 Å². The zero-order valence-electron chi connectivity index (χ0n) is 16.7. The van der Waals surface area contributed by atoms with Crippen LogP contribution in [-0.4, -0.2) is 53.9 Å². The van der Waals surface area contributed by atoms with Crippen molar-refractivity contribution in [2.45, 2.75) is 44.6 Å². The molecule has 1 unspecified atom stereocenters. The Morgan fingerprint density at radius 2 is 1.90 bits per heavy atom. The Hall–Kier alpha value is -3.03. The summed E-state index contributed by atoms with van der Waals surface area (Å²) in [6, 6.07) is 10.4. The summed E-state index contributed by atoms with van der Waals surface area (Å²) in [6.07, 6.45) is 4.43. The van der Waals surface area contributed by atoms with Crippen molar-refractivity contribution in [3.8, 4) is 11.3 Å². The molecule has 2 aromatic heterocycles. The van der Waals surface area contributed by atoms with Crippen LogP contribution < -0.4 is 0 Å². The maximum atomic E-state index is 13.4. The fourth-order valence-corrected chi connectivity index (χ4v) is 4.68. The highest BCUT2D eigenvalue weighted by Gasteiger charge is 2.33. The van der Waals surface area contributed by atoms with Gasteiger partial charge in [0.25, 0.3) is 0 Å². The van der Waals surface area contributed by atoms with Crippen LogP contribution in [0.25, 0.3) is 11.3 Å². The number of rotatable bonds is 2. The minimum Gasteiger partial charge on any atom is -0.341 e. The number of hydrogen-bond acceptors (Lipinski definition) is 5. The minimum atomic E-state index is -0.238. The predicted molar refractivity (Wildman–Crippen MR) is 107 cm³/mol. The fourth-order valence-electron chi connectivity index (χ4n) is 4.68. The van der Waals surface area contributed by atoms with Gasteiger partial charge in [-0.1, -0.05) is 36.8 Å². The lowest BCUT2D eigenvalue weighted by atomic mass is 10.0. The van der Waals surface area contributed by atoms with Crippen molar-refractivity contribution in [3.63, 3.8) is 0 Å². The molecule has 0 spiro atoms. The lowest BCUT2D eigenvalue weighted by Crippen LogP contribution is -2.37. The SMILES string of the molecule is Cn1nc2c(c1-c1ccccc1)CCN(C(=O)C1CCCCn3nnnc31)CC2. The number of aryl methyl sites for hydroxylation is 2. The second kappa shape index (κ2) is 7.42. The van der Waals surface area contributed by atoms with Gasteiger partial charge in [0.05, 0.1) is 17.3 Å². The Balaban J connectivity index is 1.39. The van der Waals surface area contributed by atoms with Gasteiger partial charge in [0.1, 0.15) is 0 Å². The molecule has 0 aliphatic carbocycles. The first-order valence-corrected chi connectivity index (χ1v) is 10.4. The molecule has 2 aliphatic rings. The first-order valence-electron chi connectivity index (χ1n) is 10.4. The summed E-state index contributed by atoms with van der Waals surface area (Å²) < 4.78 is 3.79. The number of carbonyl (C=O) groups is 1. The van der Waals surface area contributed by atoms with Gasteiger partial charge < -0.3 is 4.90 Å². The molecule has 1 aromatic carbocycles. The lowest BCUT2D eigenvalue weighted by molar-refractivity contribution is -0.133. The molecule has 8 heteroatoms. The molecule has 1 atom stereocenters. The van der Waals surface area contributed by atoms with Gasteiger partial charge in [0.2, 0.25) is 5.91 Å². The van der Waals surface area contributed by atoms with Crippen LogP contribution >= 0.6 is 0 Å². The zero-order chi connectivity index (χ0) is 19.8. The number of carbonyl (C=O) groups excluding carboxylic acids is 1. The maximum Gasteiger partial charge on any atom is 0.233 e. The number of amides is 1. The number of benzene rings is 1. The fraction of sp³-hybridized carbons (Fsp3) is 0.476. The lowest BCUT2D eigenvalue weighted by Gasteiger charge is -2.25. The molecule has 0 bridgehead atoms. The van der Waals surface area contributed by atoms with Gasteiger partial charge >= 0.3 is 0 Å². The van der Waals surface area contributed by atoms with E-state index in [1.54, 1.807) is 4.68 Å². The highest BCUT2D eigenvalue weighted by Crippen LogP contribution is 2.30. The van der Waals surface area contributed by atoms with Crippen molar-refractivity contribution in [1.82, 2.24) is 34.9 Å². The number of fused-ring (bicyclic) bond motifs is 2. The number of nitrogens with zero attached hydrogens (tertiary/aromatic N) is 7. The van der Waals surface area contributed by atoms with Gasteiger partial charge in [-0.2, -0.15) is 5.10 Å². The molecule has 2 aliphatic heterocycles. The molecular weight excluding hydrogens is 366 g/mol. The summed E-state index contributed by atoms with van der Waals surface area (Å²) in [6.45, 7) is 2.19. The van der Waals surface area contributed by atoms with Crippen molar-refractivity contribution >= 4 is 5.91 Å². The molecule has 0 fully saturated rings. The molecule has 29 heavy (non-hydrogen) atoms. The van der Waals surface area contributed by atoms with E-state index in [0.717, 1.165) is 55.9 Å². The summed E-state index contributed by atoms with van der Waals surface area (Å²) in [7, 11) is 2.01. The summed E-state index contributed by atoms with van der Waals surface area (Å²) in [5.74, 6) is 0.634. The average Bonchev–Trinajstić information content (AvgIpc) is 3.18. The standard InChI is InChI=1S/C21H25N7O/c1-26-19(15-7-3-2-4-8-15)16-10-13-27(14-11-18(16)23-26)21(29)17-9-5-6-12-28-20(17)22-24-25-28/h2-4,7-8,17H,5-6,9-14H2,1H3. The molecule has 1 amide bonds. The monoisotopic (exact) mass is 391 g/mol. The molecule has 150 valence electrons. The van der Waals surface area contributed by atoms with Crippen molar-refractivity contribution in [3.05, 3.63) is 47.4 Å². The molecular formula is C21H25N7O. The van der Waals surface area contributed by atoms with E-state index < -0.39 is 0 Å². The predicted octanol–water partition coefficient (Wildman–Crippen LogP) is 1.97. The first-order chi connectivity index (χ1) is 14.2. The van der Waals surface area contributed by atoms with Gasteiger partial charge in [-0.15, -0.1) is 5.10 Å². The number of tetrazole rings is 1. The number of hydrogen-bond donors (Lipinski definition) is 0. The van der Waals surface area contributed by atoms with E-state index in [1.807, 2.05) is 22.7 Å². The van der Waals surface area contributed by atoms with Crippen LogP contribution in [0.3, 0.4) is 0 Å². The van der Waals surface area contributed by atoms with Gasteiger partial charge in [0.15, 0.2) is 5.82 Å². The molecule has 3 aromatic rings. The number of aromatic nitrogens is 6. The van der Waals surface area contributed by atoms with Crippen LogP contribution in [0.1, 0.15) is 42.3 Å². The van der Waals surface area contributed by atoms with E-state index in [4.69, 9.17) is 5.10 Å². The molecule has 4 heterocycles. The van der Waals surface area contributed by atoms with Crippen LogP contribution in [0.5, 0.6) is 0 Å². The van der Waals surface area contributed by atoms with Crippen molar-refractivity contribution in [1.29, 1.82) is 0 Å². The van der Waals surface area contributed by atoms with Gasteiger partial charge in [-0.3, -0.25) is 9.48 Å². The summed E-state index contributed by atoms with van der Waals surface area (Å²) in [5.41, 5.74) is 4.70. The van der Waals surface area contributed by atoms with Gasteiger partial charge in [-0.05, 0) is 29.7 Å². The molecule has 0 saturated carbocycles. The van der Waals surface area contributed by atoms with E-state index in [-0.39, 0.29) is 11.8 Å². The quantitative estimate of drug-likeness (QED) is 0.667. The average molecular weight is 391 g/mol. The second-order valence-corrected chi connectivity index (χ2v) is 7.90. The summed E-state index contributed by atoms with van der Waals surface area (Å²) in [5, 5.41) is 16.8. The molecule has 5 rings (SSSR count). The van der Waals surface area contributed by atoms with Crippen molar-refractivity contribution < 1.29 is 4.79 Å². The van der Waals surface area contributed by atoms with E-state index in [9.17, 15) is 4.79 Å². The molecule has 0 radical (unpaired) electrons. The third kappa shape index (κ3) is 3.22. The van der Waals surface area contributed by atoms with Crippen molar-refractivity contribution in [2.24, 2.45) is 7.05 Å². The normalized spacial score (nSPS) is 19.2. The van der Waals surface area contributed by atoms with E-state index in [2.05, 4.69) is 39.8 Å². The van der Waals surface area contributed by atoms with Gasteiger partial charge in [-0.25, -0.2) is 4.68 Å². The zero-order valence-corrected chi connectivity index (χ0v) is 16.7. The van der Waals surface area contributed by atoms with E-state index in [1.165, 1.54) is 11.1 Å². The van der Waals surface area contributed by atoms with Crippen molar-refractivity contribution in [2.75, 3.05) is 13.1 Å². The van der Waals surface area contributed by atoms with Crippen LogP contribution in [0.2, 0.25) is 0 Å². The van der Waals surface area contributed by atoms with Gasteiger partial charge in [0, 0.05) is 44.2 Å². The molecule has 0 saturated heterocycles. The Morgan fingerprint density at radius 1 is 1.07 bits per heavy atom. The highest BCUT2D eigenvalue weighted by molar-refractivity contribution is 5.83. The first kappa shape index (κ1) is 18.0. The molecule has 0 N–H and O–H groups in total. The highest BCUT2D eigenvalue weighted by atomic mass is 16.2. The largest absolute Gasteiger partial charge is 0.341 e. The Kier molecular flexibility index (Phi) is 4.61. The Morgan fingerprint density at radius 3 is 2.76 bits per heavy atom. The minimum absolute atomic E-state index is 0.152. The Bertz CT molecular complexity index is 1020. The third-order valence-corrected chi connectivity index (χ3v) is 6.12. The van der Waals surface area contributed by atoms with Crippen LogP contribution in [0.15, 0.2) is 30.3 Å². The van der Waals surface area contributed by atoms with E-state index in [0.29, 0.717) is 13.1 Å². The van der Waals surface area contributed by atoms with E-state index >= 15 is 0 Å². The Labute approximate surface area is 169 Å². The van der Waals surface area contributed by atoms with Crippen LogP contribution in [0, 0.1) is 0 Å². The smallest absolute Gasteiger partial charge is 0.233 e. The summed E-state index contributed by atoms with van der Waals surface area (Å²) >= 11 is 0. The second-order valence-electron chi connectivity index (χ2n) is 7.90. The molecule has 8 nitrogen and oxygen atoms in total.